The number of rotatable bonds is 11. The second-order valence-electron chi connectivity index (χ2n) is 14.5. The fraction of sp³-hybridized carbons (Fsp3) is 0.350. The van der Waals surface area contributed by atoms with Crippen molar-refractivity contribution in [2.24, 2.45) is 5.92 Å². The number of ether oxygens (including phenoxy) is 2. The molecule has 52 heavy (non-hydrogen) atoms. The molecule has 1 saturated carbocycles. The lowest BCUT2D eigenvalue weighted by atomic mass is 9.78. The summed E-state index contributed by atoms with van der Waals surface area (Å²) in [5.74, 6) is 0.260. The Morgan fingerprint density at radius 2 is 1.46 bits per heavy atom. The van der Waals surface area contributed by atoms with E-state index >= 15 is 0 Å². The van der Waals surface area contributed by atoms with E-state index in [9.17, 15) is 24.3 Å². The zero-order chi connectivity index (χ0) is 36.7. The zero-order valence-electron chi connectivity index (χ0n) is 29.5. The standard InChI is InChI=1S/C40H41N5O7/c1-22(2)35(47)36-41-20-30(21-42-36)52-28-12-7-24(8-13-28)40(3,4)23-5-10-27(11-6-23)51-29-17-26(18-29)43-25-9-14-31-32(19-25)39(50)45(38(31)49)33-15-16-34(46)44-37(33)48/h5-14,19-22,26,29,33,35,43,47H,15-18H2,1-4H3,(H,44,46,48)/t26-,29-,33?,35?. The van der Waals surface area contributed by atoms with Gasteiger partial charge in [0.25, 0.3) is 11.8 Å². The highest BCUT2D eigenvalue weighted by molar-refractivity contribution is 6.23. The molecule has 1 saturated heterocycles. The van der Waals surface area contributed by atoms with Crippen LogP contribution in [0.2, 0.25) is 0 Å². The van der Waals surface area contributed by atoms with Gasteiger partial charge in [-0.25, -0.2) is 9.97 Å². The van der Waals surface area contributed by atoms with Gasteiger partial charge in [0.1, 0.15) is 29.7 Å². The van der Waals surface area contributed by atoms with E-state index in [0.717, 1.165) is 34.6 Å². The van der Waals surface area contributed by atoms with Crippen molar-refractivity contribution in [1.29, 1.82) is 0 Å². The number of fused-ring (bicyclic) bond motifs is 1. The maximum absolute atomic E-state index is 13.2. The maximum atomic E-state index is 13.2. The fourth-order valence-corrected chi connectivity index (χ4v) is 6.79. The van der Waals surface area contributed by atoms with Crippen LogP contribution in [0.3, 0.4) is 0 Å². The number of piperidine rings is 1. The van der Waals surface area contributed by atoms with Crippen LogP contribution in [0.25, 0.3) is 0 Å². The number of aliphatic hydroxyl groups excluding tert-OH is 1. The summed E-state index contributed by atoms with van der Waals surface area (Å²) < 4.78 is 12.2. The average molecular weight is 704 g/mol. The van der Waals surface area contributed by atoms with Crippen molar-refractivity contribution in [3.63, 3.8) is 0 Å². The van der Waals surface area contributed by atoms with Crippen LogP contribution < -0.4 is 20.1 Å². The van der Waals surface area contributed by atoms with Crippen molar-refractivity contribution in [2.75, 3.05) is 5.32 Å². The first-order valence-corrected chi connectivity index (χ1v) is 17.5. The third kappa shape index (κ3) is 6.85. The smallest absolute Gasteiger partial charge is 0.262 e. The summed E-state index contributed by atoms with van der Waals surface area (Å²) in [7, 11) is 0. The molecule has 0 spiro atoms. The van der Waals surface area contributed by atoms with E-state index in [4.69, 9.17) is 9.47 Å². The Balaban J connectivity index is 0.904. The number of anilines is 1. The average Bonchev–Trinajstić information content (AvgIpc) is 3.36. The van der Waals surface area contributed by atoms with E-state index in [0.29, 0.717) is 23.0 Å². The molecule has 3 aliphatic rings. The maximum Gasteiger partial charge on any atom is 0.262 e. The molecule has 2 aliphatic heterocycles. The van der Waals surface area contributed by atoms with E-state index in [1.54, 1.807) is 30.6 Å². The molecular formula is C40H41N5O7. The van der Waals surface area contributed by atoms with Crippen molar-refractivity contribution < 1.29 is 33.8 Å². The molecule has 12 heteroatoms. The Morgan fingerprint density at radius 1 is 0.846 bits per heavy atom. The van der Waals surface area contributed by atoms with E-state index < -0.39 is 35.8 Å². The van der Waals surface area contributed by atoms with Crippen LogP contribution in [-0.4, -0.2) is 61.8 Å². The molecule has 12 nitrogen and oxygen atoms in total. The van der Waals surface area contributed by atoms with Gasteiger partial charge in [-0.15, -0.1) is 0 Å². The first-order chi connectivity index (χ1) is 24.9. The zero-order valence-corrected chi connectivity index (χ0v) is 29.5. The number of benzene rings is 3. The summed E-state index contributed by atoms with van der Waals surface area (Å²) in [6, 6.07) is 20.3. The third-order valence-electron chi connectivity index (χ3n) is 10.1. The number of imide groups is 2. The monoisotopic (exact) mass is 703 g/mol. The normalized spacial score (nSPS) is 20.7. The lowest BCUT2D eigenvalue weighted by Gasteiger charge is -2.36. The Morgan fingerprint density at radius 3 is 2.08 bits per heavy atom. The quantitative estimate of drug-likeness (QED) is 0.165. The van der Waals surface area contributed by atoms with Gasteiger partial charge >= 0.3 is 0 Å². The minimum absolute atomic E-state index is 0.0183. The van der Waals surface area contributed by atoms with E-state index in [1.807, 2.05) is 50.2 Å². The number of hydrogen-bond donors (Lipinski definition) is 3. The van der Waals surface area contributed by atoms with Crippen molar-refractivity contribution >= 4 is 29.3 Å². The van der Waals surface area contributed by atoms with Gasteiger partial charge in [-0.05, 0) is 65.9 Å². The van der Waals surface area contributed by atoms with Crippen molar-refractivity contribution in [3.05, 3.63) is 107 Å². The molecule has 0 bridgehead atoms. The summed E-state index contributed by atoms with van der Waals surface area (Å²) in [5.41, 5.74) is 3.19. The fourth-order valence-electron chi connectivity index (χ4n) is 6.79. The van der Waals surface area contributed by atoms with Crippen LogP contribution in [-0.2, 0) is 15.0 Å². The van der Waals surface area contributed by atoms with Gasteiger partial charge in [0, 0.05) is 36.4 Å². The predicted octanol–water partition coefficient (Wildman–Crippen LogP) is 5.71. The largest absolute Gasteiger partial charge is 0.490 e. The minimum Gasteiger partial charge on any atom is -0.490 e. The summed E-state index contributed by atoms with van der Waals surface area (Å²) in [5, 5.41) is 15.8. The topological polar surface area (TPSA) is 160 Å². The SMILES string of the molecule is CC(C)C(O)c1ncc(Oc2ccc(C(C)(C)c3ccc(O[C@H]4C[C@H](Nc5ccc6c(c5)C(=O)N(C5CCC(=O)NC5=O)C6=O)C4)cc3)cc2)cn1. The highest BCUT2D eigenvalue weighted by atomic mass is 16.5. The van der Waals surface area contributed by atoms with Crippen molar-refractivity contribution in [3.8, 4) is 17.2 Å². The second-order valence-corrected chi connectivity index (χ2v) is 14.5. The Kier molecular flexibility index (Phi) is 9.26. The molecule has 1 aliphatic carbocycles. The second kappa shape index (κ2) is 13.8. The molecule has 3 N–H and O–H groups in total. The van der Waals surface area contributed by atoms with Gasteiger partial charge in [-0.2, -0.15) is 0 Å². The molecule has 7 rings (SSSR count). The van der Waals surface area contributed by atoms with Crippen LogP contribution in [0.15, 0.2) is 79.1 Å². The number of aliphatic hydroxyl groups is 1. The Hall–Kier alpha value is -5.62. The molecule has 4 amide bonds. The first-order valence-electron chi connectivity index (χ1n) is 17.5. The van der Waals surface area contributed by atoms with Gasteiger partial charge in [0.2, 0.25) is 11.8 Å². The number of carbonyl (C=O) groups is 4. The number of aromatic nitrogens is 2. The lowest BCUT2D eigenvalue weighted by molar-refractivity contribution is -0.136. The number of nitrogens with one attached hydrogen (secondary N) is 2. The predicted molar refractivity (Wildman–Crippen MR) is 191 cm³/mol. The van der Waals surface area contributed by atoms with Crippen molar-refractivity contribution in [1.82, 2.24) is 20.2 Å². The highest BCUT2D eigenvalue weighted by Gasteiger charge is 2.45. The van der Waals surface area contributed by atoms with Crippen LogP contribution in [0.4, 0.5) is 5.69 Å². The van der Waals surface area contributed by atoms with E-state index in [2.05, 4.69) is 46.6 Å². The van der Waals surface area contributed by atoms with Crippen LogP contribution in [0.1, 0.15) is 97.1 Å². The number of amides is 4. The molecule has 3 aromatic carbocycles. The summed E-state index contributed by atoms with van der Waals surface area (Å²) in [6.07, 6.45) is 4.18. The molecule has 2 fully saturated rings. The number of hydrogen-bond acceptors (Lipinski definition) is 10. The van der Waals surface area contributed by atoms with Gasteiger partial charge in [-0.1, -0.05) is 52.0 Å². The van der Waals surface area contributed by atoms with E-state index in [-0.39, 0.29) is 47.4 Å². The summed E-state index contributed by atoms with van der Waals surface area (Å²) in [4.78, 5) is 59.5. The van der Waals surface area contributed by atoms with Gasteiger partial charge in [-0.3, -0.25) is 29.4 Å². The lowest BCUT2D eigenvalue weighted by Crippen LogP contribution is -2.54. The molecule has 1 aromatic heterocycles. The molecule has 2 unspecified atom stereocenters. The van der Waals surface area contributed by atoms with Crippen LogP contribution in [0.5, 0.6) is 17.2 Å². The Bertz CT molecular complexity index is 2010. The minimum atomic E-state index is -0.990. The summed E-state index contributed by atoms with van der Waals surface area (Å²) >= 11 is 0. The number of nitrogens with zero attached hydrogens (tertiary/aromatic N) is 3. The molecule has 0 radical (unpaired) electrons. The van der Waals surface area contributed by atoms with Crippen LogP contribution in [0, 0.1) is 5.92 Å². The summed E-state index contributed by atoms with van der Waals surface area (Å²) in [6.45, 7) is 8.16. The Labute approximate surface area is 301 Å². The van der Waals surface area contributed by atoms with Gasteiger partial charge in [0.05, 0.1) is 23.5 Å². The van der Waals surface area contributed by atoms with Crippen molar-refractivity contribution in [2.45, 2.75) is 83.1 Å². The van der Waals surface area contributed by atoms with Gasteiger partial charge < -0.3 is 19.9 Å². The van der Waals surface area contributed by atoms with Crippen LogP contribution >= 0.6 is 0 Å². The molecule has 268 valence electrons. The molecule has 2 atom stereocenters. The molecular weight excluding hydrogens is 662 g/mol. The molecule has 4 aromatic rings. The highest BCUT2D eigenvalue weighted by Crippen LogP contribution is 2.36. The number of carbonyl (C=O) groups excluding carboxylic acids is 4. The van der Waals surface area contributed by atoms with Gasteiger partial charge in [0.15, 0.2) is 11.6 Å². The van der Waals surface area contributed by atoms with E-state index in [1.165, 1.54) is 0 Å². The molecule has 3 heterocycles. The first kappa shape index (κ1) is 34.8. The third-order valence-corrected chi connectivity index (χ3v) is 10.1.